The van der Waals surface area contributed by atoms with Crippen LogP contribution in [0.1, 0.15) is 13.3 Å². The summed E-state index contributed by atoms with van der Waals surface area (Å²) in [6.07, 6.45) is 0.770. The van der Waals surface area contributed by atoms with E-state index in [-0.39, 0.29) is 22.5 Å². The maximum Gasteiger partial charge on any atom is 0.328 e. The van der Waals surface area contributed by atoms with E-state index in [0.717, 1.165) is 19.5 Å². The van der Waals surface area contributed by atoms with E-state index < -0.39 is 10.0 Å². The molecular formula is C15H22N4O3S. The summed E-state index contributed by atoms with van der Waals surface area (Å²) in [5.74, 6) is 0.239. The minimum absolute atomic E-state index is 0.0726. The Morgan fingerprint density at radius 2 is 1.91 bits per heavy atom. The van der Waals surface area contributed by atoms with Crippen LogP contribution in [0, 0.1) is 5.92 Å². The summed E-state index contributed by atoms with van der Waals surface area (Å²) in [6.45, 7) is 3.65. The molecule has 0 aliphatic carbocycles. The van der Waals surface area contributed by atoms with Crippen molar-refractivity contribution in [2.24, 2.45) is 20.0 Å². The predicted octanol–water partition coefficient (Wildman–Crippen LogP) is 0.153. The first-order chi connectivity index (χ1) is 10.8. The van der Waals surface area contributed by atoms with Gasteiger partial charge in [-0.2, -0.15) is 0 Å². The molecule has 0 amide bonds. The van der Waals surface area contributed by atoms with Crippen LogP contribution in [-0.4, -0.2) is 36.7 Å². The van der Waals surface area contributed by atoms with Gasteiger partial charge in [-0.25, -0.2) is 17.9 Å². The van der Waals surface area contributed by atoms with Crippen molar-refractivity contribution in [1.82, 2.24) is 19.2 Å². The van der Waals surface area contributed by atoms with Crippen molar-refractivity contribution in [2.75, 3.05) is 13.1 Å². The number of fused-ring (bicyclic) bond motifs is 1. The van der Waals surface area contributed by atoms with Gasteiger partial charge in [0.15, 0.2) is 0 Å². The molecule has 2 N–H and O–H groups in total. The van der Waals surface area contributed by atoms with Crippen LogP contribution in [0.15, 0.2) is 27.9 Å². The molecule has 8 heteroatoms. The molecule has 2 aromatic rings. The molecule has 1 aliphatic rings. The van der Waals surface area contributed by atoms with Gasteiger partial charge < -0.3 is 5.32 Å². The first-order valence-electron chi connectivity index (χ1n) is 7.70. The Morgan fingerprint density at radius 3 is 2.61 bits per heavy atom. The Kier molecular flexibility index (Phi) is 4.07. The lowest BCUT2D eigenvalue weighted by atomic mass is 9.97. The van der Waals surface area contributed by atoms with Gasteiger partial charge in [-0.3, -0.25) is 9.13 Å². The van der Waals surface area contributed by atoms with E-state index >= 15 is 0 Å². The smallest absolute Gasteiger partial charge is 0.316 e. The summed E-state index contributed by atoms with van der Waals surface area (Å²) in [6, 6.07) is 4.72. The number of hydrogen-bond acceptors (Lipinski definition) is 4. The summed E-state index contributed by atoms with van der Waals surface area (Å²) < 4.78 is 31.1. The highest BCUT2D eigenvalue weighted by atomic mass is 32.2. The van der Waals surface area contributed by atoms with E-state index in [1.165, 1.54) is 9.13 Å². The summed E-state index contributed by atoms with van der Waals surface area (Å²) in [5.41, 5.74) is 1.15. The Bertz CT molecular complexity index is 897. The molecule has 7 nitrogen and oxygen atoms in total. The molecule has 0 radical (unpaired) electrons. The molecule has 1 aliphatic heterocycles. The maximum atomic E-state index is 12.7. The maximum absolute atomic E-state index is 12.7. The monoisotopic (exact) mass is 338 g/mol. The third-order valence-electron chi connectivity index (χ3n) is 4.65. The molecule has 126 valence electrons. The SMILES string of the molecule is CC1CNCCC1NS(=O)(=O)c1ccc2c(c1)n(C)c(=O)n2C. The van der Waals surface area contributed by atoms with Crippen molar-refractivity contribution < 1.29 is 8.42 Å². The first-order valence-corrected chi connectivity index (χ1v) is 9.18. The highest BCUT2D eigenvalue weighted by Gasteiger charge is 2.27. The van der Waals surface area contributed by atoms with Gasteiger partial charge in [0.1, 0.15) is 0 Å². The third kappa shape index (κ3) is 2.82. The molecule has 3 rings (SSSR count). The van der Waals surface area contributed by atoms with Crippen LogP contribution in [0.4, 0.5) is 0 Å². The van der Waals surface area contributed by atoms with Crippen LogP contribution in [-0.2, 0) is 24.1 Å². The number of piperidine rings is 1. The zero-order valence-electron chi connectivity index (χ0n) is 13.5. The predicted molar refractivity (Wildman–Crippen MR) is 88.9 cm³/mol. The fraction of sp³-hybridized carbons (Fsp3) is 0.533. The molecule has 1 fully saturated rings. The number of aryl methyl sites for hydroxylation is 2. The van der Waals surface area contributed by atoms with Gasteiger partial charge in [0.25, 0.3) is 0 Å². The molecular weight excluding hydrogens is 316 g/mol. The number of nitrogens with zero attached hydrogens (tertiary/aromatic N) is 2. The van der Waals surface area contributed by atoms with Crippen molar-refractivity contribution in [2.45, 2.75) is 24.3 Å². The number of rotatable bonds is 3. The summed E-state index contributed by atoms with van der Waals surface area (Å²) in [5, 5.41) is 3.26. The zero-order chi connectivity index (χ0) is 16.8. The van der Waals surface area contributed by atoms with Crippen LogP contribution in [0.2, 0.25) is 0 Å². The van der Waals surface area contributed by atoms with Crippen molar-refractivity contribution in [3.05, 3.63) is 28.7 Å². The Balaban J connectivity index is 1.98. The minimum atomic E-state index is -3.61. The second-order valence-electron chi connectivity index (χ2n) is 6.25. The van der Waals surface area contributed by atoms with Crippen LogP contribution >= 0.6 is 0 Å². The van der Waals surface area contributed by atoms with Crippen molar-refractivity contribution in [1.29, 1.82) is 0 Å². The highest BCUT2D eigenvalue weighted by Crippen LogP contribution is 2.20. The largest absolute Gasteiger partial charge is 0.328 e. The first kappa shape index (κ1) is 16.2. The van der Waals surface area contributed by atoms with Gasteiger partial charge in [-0.15, -0.1) is 0 Å². The van der Waals surface area contributed by atoms with E-state index in [2.05, 4.69) is 10.0 Å². The van der Waals surface area contributed by atoms with E-state index in [1.54, 1.807) is 32.3 Å². The second-order valence-corrected chi connectivity index (χ2v) is 7.96. The highest BCUT2D eigenvalue weighted by molar-refractivity contribution is 7.89. The fourth-order valence-corrected chi connectivity index (χ4v) is 4.51. The standard InChI is InChI=1S/C15H22N4O3S/c1-10-9-16-7-6-12(10)17-23(21,22)11-4-5-13-14(8-11)19(3)15(20)18(13)2/h4-5,8,10,12,16-17H,6-7,9H2,1-3H3. The van der Waals surface area contributed by atoms with Crippen LogP contribution in [0.25, 0.3) is 11.0 Å². The van der Waals surface area contributed by atoms with Crippen molar-refractivity contribution in [3.8, 4) is 0 Å². The van der Waals surface area contributed by atoms with Gasteiger partial charge >= 0.3 is 5.69 Å². The van der Waals surface area contributed by atoms with E-state index in [0.29, 0.717) is 11.0 Å². The van der Waals surface area contributed by atoms with Crippen LogP contribution in [0.5, 0.6) is 0 Å². The minimum Gasteiger partial charge on any atom is -0.316 e. The summed E-state index contributed by atoms with van der Waals surface area (Å²) in [7, 11) is -0.290. The molecule has 23 heavy (non-hydrogen) atoms. The number of aromatic nitrogens is 2. The molecule has 2 heterocycles. The molecule has 2 unspecified atom stereocenters. The van der Waals surface area contributed by atoms with E-state index in [1.807, 2.05) is 6.92 Å². The number of benzene rings is 1. The molecule has 0 spiro atoms. The number of imidazole rings is 1. The van der Waals surface area contributed by atoms with Gasteiger partial charge in [0.2, 0.25) is 10.0 Å². The fourth-order valence-electron chi connectivity index (χ4n) is 3.11. The lowest BCUT2D eigenvalue weighted by Crippen LogP contribution is -2.48. The van der Waals surface area contributed by atoms with E-state index in [9.17, 15) is 13.2 Å². The Hall–Kier alpha value is -1.64. The summed E-state index contributed by atoms with van der Waals surface area (Å²) in [4.78, 5) is 12.2. The normalized spacial score (nSPS) is 22.6. The van der Waals surface area contributed by atoms with Gasteiger partial charge in [-0.05, 0) is 43.6 Å². The third-order valence-corrected chi connectivity index (χ3v) is 6.13. The molecule has 1 aromatic heterocycles. The average Bonchev–Trinajstić information content (AvgIpc) is 2.74. The van der Waals surface area contributed by atoms with Crippen molar-refractivity contribution >= 4 is 21.1 Å². The number of sulfonamides is 1. The molecule has 0 saturated carbocycles. The van der Waals surface area contributed by atoms with Crippen LogP contribution < -0.4 is 15.7 Å². The van der Waals surface area contributed by atoms with Crippen LogP contribution in [0.3, 0.4) is 0 Å². The lowest BCUT2D eigenvalue weighted by molar-refractivity contribution is 0.328. The molecule has 2 atom stereocenters. The summed E-state index contributed by atoms with van der Waals surface area (Å²) >= 11 is 0. The van der Waals surface area contributed by atoms with E-state index in [4.69, 9.17) is 0 Å². The zero-order valence-corrected chi connectivity index (χ0v) is 14.4. The second kappa shape index (κ2) is 5.77. The number of hydrogen-bond donors (Lipinski definition) is 2. The molecule has 1 saturated heterocycles. The topological polar surface area (TPSA) is 85.1 Å². The van der Waals surface area contributed by atoms with Gasteiger partial charge in [-0.1, -0.05) is 6.92 Å². The molecule has 0 bridgehead atoms. The van der Waals surface area contributed by atoms with Gasteiger partial charge in [0.05, 0.1) is 15.9 Å². The van der Waals surface area contributed by atoms with Crippen molar-refractivity contribution in [3.63, 3.8) is 0 Å². The lowest BCUT2D eigenvalue weighted by Gasteiger charge is -2.29. The van der Waals surface area contributed by atoms with Gasteiger partial charge in [0, 0.05) is 20.1 Å². The average molecular weight is 338 g/mol. The Labute approximate surface area is 135 Å². The quantitative estimate of drug-likeness (QED) is 0.834. The molecule has 1 aromatic carbocycles. The Morgan fingerprint density at radius 1 is 1.22 bits per heavy atom. The number of nitrogens with one attached hydrogen (secondary N) is 2.